The molecule has 0 atom stereocenters. The highest BCUT2D eigenvalue weighted by Gasteiger charge is 2.10. The van der Waals surface area contributed by atoms with Crippen molar-refractivity contribution in [1.29, 1.82) is 0 Å². The van der Waals surface area contributed by atoms with E-state index in [0.29, 0.717) is 17.1 Å². The Labute approximate surface area is 104 Å². The number of rotatable bonds is 5. The SMILES string of the molecule is COc1cc(OC)cc(C(=O)NCC(=O)Cl)c1. The van der Waals surface area contributed by atoms with Gasteiger partial charge >= 0.3 is 0 Å². The van der Waals surface area contributed by atoms with Gasteiger partial charge in [-0.25, -0.2) is 0 Å². The highest BCUT2D eigenvalue weighted by molar-refractivity contribution is 6.64. The summed E-state index contributed by atoms with van der Waals surface area (Å²) < 4.78 is 10.0. The molecule has 0 heterocycles. The Bertz CT molecular complexity index is 411. The zero-order chi connectivity index (χ0) is 12.8. The van der Waals surface area contributed by atoms with E-state index in [1.165, 1.54) is 26.4 Å². The van der Waals surface area contributed by atoms with Crippen molar-refractivity contribution in [3.63, 3.8) is 0 Å². The van der Waals surface area contributed by atoms with E-state index >= 15 is 0 Å². The van der Waals surface area contributed by atoms with Crippen LogP contribution in [0.2, 0.25) is 0 Å². The highest BCUT2D eigenvalue weighted by atomic mass is 35.5. The van der Waals surface area contributed by atoms with Crippen molar-refractivity contribution in [3.05, 3.63) is 23.8 Å². The first-order valence-corrected chi connectivity index (χ1v) is 5.14. The number of amides is 1. The fourth-order valence-corrected chi connectivity index (χ4v) is 1.26. The number of carbonyl (C=O) groups is 2. The molecule has 5 nitrogen and oxygen atoms in total. The van der Waals surface area contributed by atoms with Crippen LogP contribution in [-0.4, -0.2) is 31.9 Å². The van der Waals surface area contributed by atoms with Gasteiger partial charge in [-0.1, -0.05) is 0 Å². The molecule has 0 aliphatic rings. The van der Waals surface area contributed by atoms with Crippen molar-refractivity contribution in [2.75, 3.05) is 20.8 Å². The molecule has 0 fully saturated rings. The van der Waals surface area contributed by atoms with Gasteiger partial charge in [0.2, 0.25) is 5.24 Å². The average molecular weight is 258 g/mol. The second-order valence-corrected chi connectivity index (χ2v) is 3.56. The monoisotopic (exact) mass is 257 g/mol. The molecular weight excluding hydrogens is 246 g/mol. The minimum Gasteiger partial charge on any atom is -0.497 e. The van der Waals surface area contributed by atoms with E-state index in [4.69, 9.17) is 21.1 Å². The molecule has 0 spiro atoms. The Hall–Kier alpha value is -1.75. The van der Waals surface area contributed by atoms with Crippen molar-refractivity contribution in [1.82, 2.24) is 5.32 Å². The summed E-state index contributed by atoms with van der Waals surface area (Å²) in [6.45, 7) is -0.222. The summed E-state index contributed by atoms with van der Waals surface area (Å²) in [7, 11) is 2.97. The molecule has 1 N–H and O–H groups in total. The summed E-state index contributed by atoms with van der Waals surface area (Å²) in [6.07, 6.45) is 0. The number of carbonyl (C=O) groups excluding carboxylic acids is 2. The molecule has 1 aromatic carbocycles. The average Bonchev–Trinajstić information content (AvgIpc) is 2.34. The van der Waals surface area contributed by atoms with Gasteiger partial charge < -0.3 is 14.8 Å². The predicted molar refractivity (Wildman–Crippen MR) is 62.7 cm³/mol. The largest absolute Gasteiger partial charge is 0.497 e. The van der Waals surface area contributed by atoms with Gasteiger partial charge in [-0.15, -0.1) is 0 Å². The Morgan fingerprint density at radius 2 is 1.71 bits per heavy atom. The zero-order valence-electron chi connectivity index (χ0n) is 9.45. The van der Waals surface area contributed by atoms with E-state index in [1.807, 2.05) is 0 Å². The lowest BCUT2D eigenvalue weighted by molar-refractivity contribution is -0.110. The van der Waals surface area contributed by atoms with Crippen molar-refractivity contribution in [2.24, 2.45) is 0 Å². The highest BCUT2D eigenvalue weighted by Crippen LogP contribution is 2.22. The van der Waals surface area contributed by atoms with Gasteiger partial charge in [0.15, 0.2) is 0 Å². The van der Waals surface area contributed by atoms with Crippen LogP contribution in [-0.2, 0) is 4.79 Å². The van der Waals surface area contributed by atoms with Crippen molar-refractivity contribution >= 4 is 22.8 Å². The number of benzene rings is 1. The van der Waals surface area contributed by atoms with E-state index in [1.54, 1.807) is 6.07 Å². The molecule has 1 amide bonds. The Morgan fingerprint density at radius 1 is 1.18 bits per heavy atom. The minimum atomic E-state index is -0.631. The van der Waals surface area contributed by atoms with Crippen LogP contribution in [0.5, 0.6) is 11.5 Å². The standard InChI is InChI=1S/C11H12ClNO4/c1-16-8-3-7(4-9(5-8)17-2)11(15)13-6-10(12)14/h3-5H,6H2,1-2H3,(H,13,15). The van der Waals surface area contributed by atoms with Crippen LogP contribution in [0.15, 0.2) is 18.2 Å². The smallest absolute Gasteiger partial charge is 0.251 e. The van der Waals surface area contributed by atoms with Gasteiger partial charge in [-0.05, 0) is 23.7 Å². The molecule has 0 bridgehead atoms. The molecule has 0 radical (unpaired) electrons. The Morgan fingerprint density at radius 3 is 2.12 bits per heavy atom. The number of ether oxygens (including phenoxy) is 2. The number of hydrogen-bond acceptors (Lipinski definition) is 4. The fourth-order valence-electron chi connectivity index (χ4n) is 1.19. The van der Waals surface area contributed by atoms with Crippen LogP contribution < -0.4 is 14.8 Å². The summed E-state index contributed by atoms with van der Waals surface area (Å²) in [5.74, 6) is 0.564. The molecular formula is C11H12ClNO4. The lowest BCUT2D eigenvalue weighted by atomic mass is 10.2. The second kappa shape index (κ2) is 6.10. The van der Waals surface area contributed by atoms with Crippen molar-refractivity contribution in [2.45, 2.75) is 0 Å². The van der Waals surface area contributed by atoms with E-state index in [0.717, 1.165) is 0 Å². The van der Waals surface area contributed by atoms with E-state index in [2.05, 4.69) is 5.32 Å². The number of halogens is 1. The molecule has 0 aliphatic carbocycles. The summed E-state index contributed by atoms with van der Waals surface area (Å²) in [5.41, 5.74) is 0.333. The topological polar surface area (TPSA) is 64.6 Å². The maximum Gasteiger partial charge on any atom is 0.251 e. The van der Waals surface area contributed by atoms with Crippen molar-refractivity contribution < 1.29 is 19.1 Å². The molecule has 0 saturated carbocycles. The number of hydrogen-bond donors (Lipinski definition) is 1. The van der Waals surface area contributed by atoms with Crippen LogP contribution in [0.3, 0.4) is 0 Å². The Balaban J connectivity index is 2.88. The van der Waals surface area contributed by atoms with Crippen molar-refractivity contribution in [3.8, 4) is 11.5 Å². The second-order valence-electron chi connectivity index (χ2n) is 3.14. The van der Waals surface area contributed by atoms with Gasteiger partial charge in [0, 0.05) is 11.6 Å². The fraction of sp³-hybridized carbons (Fsp3) is 0.273. The molecule has 92 valence electrons. The van der Waals surface area contributed by atoms with Crippen LogP contribution in [0.4, 0.5) is 0 Å². The summed E-state index contributed by atoms with van der Waals surface area (Å²) in [4.78, 5) is 22.2. The maximum atomic E-state index is 11.7. The minimum absolute atomic E-state index is 0.222. The van der Waals surface area contributed by atoms with E-state index < -0.39 is 11.1 Å². The third-order valence-corrected chi connectivity index (χ3v) is 2.14. The normalized spacial score (nSPS) is 9.59. The van der Waals surface area contributed by atoms with Crippen LogP contribution in [0.25, 0.3) is 0 Å². The molecule has 6 heteroatoms. The molecule has 0 aromatic heterocycles. The summed E-state index contributed by atoms with van der Waals surface area (Å²) in [6, 6.07) is 4.72. The summed E-state index contributed by atoms with van der Waals surface area (Å²) in [5, 5.41) is 1.74. The van der Waals surface area contributed by atoms with Gasteiger partial charge in [0.1, 0.15) is 11.5 Å². The first-order chi connectivity index (χ1) is 8.06. The lowest BCUT2D eigenvalue weighted by Crippen LogP contribution is -2.27. The molecule has 0 aliphatic heterocycles. The van der Waals surface area contributed by atoms with E-state index in [9.17, 15) is 9.59 Å². The maximum absolute atomic E-state index is 11.7. The predicted octanol–water partition coefficient (Wildman–Crippen LogP) is 1.20. The zero-order valence-corrected chi connectivity index (χ0v) is 10.2. The third-order valence-electron chi connectivity index (χ3n) is 2.00. The number of nitrogens with one attached hydrogen (secondary N) is 1. The first-order valence-electron chi connectivity index (χ1n) is 4.76. The molecule has 1 aromatic rings. The van der Waals surface area contributed by atoms with Crippen LogP contribution in [0.1, 0.15) is 10.4 Å². The molecule has 1 rings (SSSR count). The Kier molecular flexibility index (Phi) is 4.78. The quantitative estimate of drug-likeness (QED) is 0.805. The third kappa shape index (κ3) is 3.96. The summed E-state index contributed by atoms with van der Waals surface area (Å²) >= 11 is 5.12. The van der Waals surface area contributed by atoms with Crippen LogP contribution in [0, 0.1) is 0 Å². The molecule has 0 saturated heterocycles. The number of methoxy groups -OCH3 is 2. The molecule has 0 unspecified atom stereocenters. The van der Waals surface area contributed by atoms with Crippen LogP contribution >= 0.6 is 11.6 Å². The van der Waals surface area contributed by atoms with E-state index in [-0.39, 0.29) is 6.54 Å². The van der Waals surface area contributed by atoms with Gasteiger partial charge in [0.25, 0.3) is 5.91 Å². The van der Waals surface area contributed by atoms with Gasteiger partial charge in [-0.2, -0.15) is 0 Å². The van der Waals surface area contributed by atoms with Gasteiger partial charge in [0.05, 0.1) is 20.8 Å². The molecule has 17 heavy (non-hydrogen) atoms. The lowest BCUT2D eigenvalue weighted by Gasteiger charge is -2.08. The van der Waals surface area contributed by atoms with Gasteiger partial charge in [-0.3, -0.25) is 9.59 Å². The first kappa shape index (κ1) is 13.3.